The van der Waals surface area contributed by atoms with E-state index in [0.717, 1.165) is 39.9 Å². The fourth-order valence-electron chi connectivity index (χ4n) is 2.66. The molecule has 0 saturated carbocycles. The number of amides is 1. The molecule has 0 spiro atoms. The Morgan fingerprint density at radius 3 is 2.79 bits per heavy atom. The Labute approximate surface area is 146 Å². The van der Waals surface area contributed by atoms with Crippen molar-refractivity contribution in [3.05, 3.63) is 41.1 Å². The highest BCUT2D eigenvalue weighted by atomic mass is 32.2. The average molecular weight is 345 g/mol. The van der Waals surface area contributed by atoms with Gasteiger partial charge in [0, 0.05) is 17.1 Å². The molecule has 0 unspecified atom stereocenters. The van der Waals surface area contributed by atoms with Crippen LogP contribution in [0.25, 0.3) is 0 Å². The summed E-state index contributed by atoms with van der Waals surface area (Å²) in [5, 5.41) is 7.70. The van der Waals surface area contributed by atoms with Crippen LogP contribution in [0.5, 0.6) is 5.75 Å². The zero-order valence-electron chi connectivity index (χ0n) is 14.5. The summed E-state index contributed by atoms with van der Waals surface area (Å²) in [5.41, 5.74) is 3.04. The van der Waals surface area contributed by atoms with Gasteiger partial charge >= 0.3 is 0 Å². The number of benzene rings is 1. The SMILES string of the molecule is Cc1ccccc1OCC(=O)Nc1c2c(nn1C(C)(C)C)CSC2. The number of aromatic nitrogens is 2. The highest BCUT2D eigenvalue weighted by Gasteiger charge is 2.28. The number of carbonyl (C=O) groups excluding carboxylic acids is 1. The number of thioether (sulfide) groups is 1. The van der Waals surface area contributed by atoms with Crippen LogP contribution in [0.3, 0.4) is 0 Å². The summed E-state index contributed by atoms with van der Waals surface area (Å²) in [6.45, 7) is 8.21. The number of ether oxygens (including phenoxy) is 1. The lowest BCUT2D eigenvalue weighted by molar-refractivity contribution is -0.118. The van der Waals surface area contributed by atoms with E-state index in [2.05, 4.69) is 31.2 Å². The van der Waals surface area contributed by atoms with E-state index >= 15 is 0 Å². The zero-order valence-corrected chi connectivity index (χ0v) is 15.4. The third-order valence-electron chi connectivity index (χ3n) is 3.90. The number of rotatable bonds is 4. The van der Waals surface area contributed by atoms with Crippen LogP contribution < -0.4 is 10.1 Å². The minimum absolute atomic E-state index is 0.0118. The number of anilines is 1. The molecule has 1 aromatic carbocycles. The number of aryl methyl sites for hydroxylation is 1. The van der Waals surface area contributed by atoms with E-state index < -0.39 is 0 Å². The van der Waals surface area contributed by atoms with Crippen LogP contribution in [-0.4, -0.2) is 22.3 Å². The molecule has 0 bridgehead atoms. The Hall–Kier alpha value is -1.95. The van der Waals surface area contributed by atoms with Crippen molar-refractivity contribution in [1.82, 2.24) is 9.78 Å². The number of nitrogens with one attached hydrogen (secondary N) is 1. The number of fused-ring (bicyclic) bond motifs is 1. The molecule has 1 amide bonds. The molecule has 2 heterocycles. The fraction of sp³-hybridized carbons (Fsp3) is 0.444. The van der Waals surface area contributed by atoms with E-state index in [4.69, 9.17) is 4.74 Å². The Kier molecular flexibility index (Phi) is 4.58. The largest absolute Gasteiger partial charge is 0.483 e. The molecule has 1 aliphatic heterocycles. The number of carbonyl (C=O) groups is 1. The summed E-state index contributed by atoms with van der Waals surface area (Å²) in [7, 11) is 0. The average Bonchev–Trinajstić information content (AvgIpc) is 3.08. The molecule has 5 nitrogen and oxygen atoms in total. The Morgan fingerprint density at radius 2 is 2.08 bits per heavy atom. The lowest BCUT2D eigenvalue weighted by Gasteiger charge is -2.23. The van der Waals surface area contributed by atoms with Crippen molar-refractivity contribution in [2.24, 2.45) is 0 Å². The third kappa shape index (κ3) is 3.43. The Bertz CT molecular complexity index is 762. The molecule has 0 aliphatic carbocycles. The van der Waals surface area contributed by atoms with Crippen molar-refractivity contribution < 1.29 is 9.53 Å². The standard InChI is InChI=1S/C18H23N3O2S/c1-12-7-5-6-8-15(12)23-9-16(22)19-17-13-10-24-11-14(13)20-21(17)18(2,3)4/h5-8H,9-11H2,1-4H3,(H,19,22). The molecule has 128 valence electrons. The molecule has 24 heavy (non-hydrogen) atoms. The second kappa shape index (κ2) is 6.51. The first-order valence-electron chi connectivity index (χ1n) is 8.03. The summed E-state index contributed by atoms with van der Waals surface area (Å²) in [6, 6.07) is 7.69. The Morgan fingerprint density at radius 1 is 1.33 bits per heavy atom. The van der Waals surface area contributed by atoms with E-state index in [1.165, 1.54) is 0 Å². The zero-order chi connectivity index (χ0) is 17.3. The van der Waals surface area contributed by atoms with Crippen molar-refractivity contribution in [2.75, 3.05) is 11.9 Å². The van der Waals surface area contributed by atoms with E-state index in [9.17, 15) is 4.79 Å². The smallest absolute Gasteiger partial charge is 0.263 e. The van der Waals surface area contributed by atoms with E-state index in [0.29, 0.717) is 0 Å². The van der Waals surface area contributed by atoms with Crippen LogP contribution in [0.15, 0.2) is 24.3 Å². The van der Waals surface area contributed by atoms with Crippen molar-refractivity contribution in [3.8, 4) is 5.75 Å². The van der Waals surface area contributed by atoms with Crippen LogP contribution in [0.2, 0.25) is 0 Å². The number of hydrogen-bond acceptors (Lipinski definition) is 4. The van der Waals surface area contributed by atoms with Crippen LogP contribution >= 0.6 is 11.8 Å². The fourth-order valence-corrected chi connectivity index (χ4v) is 3.69. The molecule has 0 atom stereocenters. The lowest BCUT2D eigenvalue weighted by atomic mass is 10.1. The normalized spacial score (nSPS) is 13.7. The third-order valence-corrected chi connectivity index (χ3v) is 4.87. The molecule has 1 aromatic heterocycles. The maximum Gasteiger partial charge on any atom is 0.263 e. The van der Waals surface area contributed by atoms with Gasteiger partial charge in [0.1, 0.15) is 11.6 Å². The summed E-state index contributed by atoms with van der Waals surface area (Å²) >= 11 is 1.82. The van der Waals surface area contributed by atoms with Crippen LogP contribution in [0.1, 0.15) is 37.6 Å². The first kappa shape index (κ1) is 16.9. The molecular weight excluding hydrogens is 322 g/mol. The van der Waals surface area contributed by atoms with Gasteiger partial charge in [0.15, 0.2) is 6.61 Å². The van der Waals surface area contributed by atoms with Crippen LogP contribution in [-0.2, 0) is 21.8 Å². The van der Waals surface area contributed by atoms with Gasteiger partial charge in [-0.05, 0) is 39.3 Å². The van der Waals surface area contributed by atoms with Crippen molar-refractivity contribution in [1.29, 1.82) is 0 Å². The van der Waals surface area contributed by atoms with Gasteiger partial charge in [-0.1, -0.05) is 18.2 Å². The van der Waals surface area contributed by atoms with Crippen molar-refractivity contribution in [2.45, 2.75) is 44.7 Å². The molecular formula is C18H23N3O2S. The number of hydrogen-bond donors (Lipinski definition) is 1. The van der Waals surface area contributed by atoms with Gasteiger partial charge in [-0.25, -0.2) is 4.68 Å². The molecule has 0 fully saturated rings. The van der Waals surface area contributed by atoms with Crippen LogP contribution in [0, 0.1) is 6.92 Å². The first-order chi connectivity index (χ1) is 11.4. The van der Waals surface area contributed by atoms with Gasteiger partial charge in [0.2, 0.25) is 0 Å². The van der Waals surface area contributed by atoms with Crippen molar-refractivity contribution in [3.63, 3.8) is 0 Å². The monoisotopic (exact) mass is 345 g/mol. The maximum absolute atomic E-state index is 12.4. The summed E-state index contributed by atoms with van der Waals surface area (Å²) in [5.74, 6) is 3.17. The maximum atomic E-state index is 12.4. The highest BCUT2D eigenvalue weighted by Crippen LogP contribution is 2.37. The number of para-hydroxylation sites is 1. The molecule has 1 N–H and O–H groups in total. The van der Waals surface area contributed by atoms with Gasteiger partial charge in [0.25, 0.3) is 5.91 Å². The van der Waals surface area contributed by atoms with E-state index in [-0.39, 0.29) is 18.1 Å². The molecule has 2 aromatic rings. The summed E-state index contributed by atoms with van der Waals surface area (Å²) < 4.78 is 7.56. The molecule has 3 rings (SSSR count). The van der Waals surface area contributed by atoms with Gasteiger partial charge in [0.05, 0.1) is 11.2 Å². The van der Waals surface area contributed by atoms with Gasteiger partial charge in [-0.3, -0.25) is 4.79 Å². The van der Waals surface area contributed by atoms with E-state index in [1.807, 2.05) is 47.6 Å². The topological polar surface area (TPSA) is 56.1 Å². The quantitative estimate of drug-likeness (QED) is 0.918. The summed E-state index contributed by atoms with van der Waals surface area (Å²) in [6.07, 6.45) is 0. The molecule has 0 saturated heterocycles. The second-order valence-electron chi connectivity index (χ2n) is 6.95. The molecule has 1 aliphatic rings. The molecule has 0 radical (unpaired) electrons. The van der Waals surface area contributed by atoms with Gasteiger partial charge < -0.3 is 10.1 Å². The van der Waals surface area contributed by atoms with Crippen molar-refractivity contribution >= 4 is 23.5 Å². The minimum Gasteiger partial charge on any atom is -0.483 e. The minimum atomic E-state index is -0.186. The predicted octanol–water partition coefficient (Wildman–Crippen LogP) is 3.71. The predicted molar refractivity (Wildman–Crippen MR) is 97.5 cm³/mol. The Balaban J connectivity index is 1.74. The first-order valence-corrected chi connectivity index (χ1v) is 9.19. The second-order valence-corrected chi connectivity index (χ2v) is 7.94. The molecule has 6 heteroatoms. The van der Waals surface area contributed by atoms with Crippen LogP contribution in [0.4, 0.5) is 5.82 Å². The number of nitrogens with zero attached hydrogens (tertiary/aromatic N) is 2. The van der Waals surface area contributed by atoms with E-state index in [1.54, 1.807) is 0 Å². The lowest BCUT2D eigenvalue weighted by Crippen LogP contribution is -2.29. The van der Waals surface area contributed by atoms with Gasteiger partial charge in [-0.15, -0.1) is 0 Å². The summed E-state index contributed by atoms with van der Waals surface area (Å²) in [4.78, 5) is 12.4. The van der Waals surface area contributed by atoms with Gasteiger partial charge in [-0.2, -0.15) is 16.9 Å². The highest BCUT2D eigenvalue weighted by molar-refractivity contribution is 7.98.